The Morgan fingerprint density at radius 1 is 1.03 bits per heavy atom. The van der Waals surface area contributed by atoms with Crippen LogP contribution in [-0.4, -0.2) is 79.0 Å². The van der Waals surface area contributed by atoms with E-state index in [0.717, 1.165) is 5.56 Å². The Kier molecular flexibility index (Phi) is 8.74. The van der Waals surface area contributed by atoms with Gasteiger partial charge in [-0.05, 0) is 48.2 Å². The molecule has 4 rings (SSSR count). The van der Waals surface area contributed by atoms with Gasteiger partial charge in [-0.1, -0.05) is 49.7 Å². The lowest BCUT2D eigenvalue weighted by molar-refractivity contribution is -0.139. The highest BCUT2D eigenvalue weighted by molar-refractivity contribution is 6.30. The Hall–Kier alpha value is -3.36. The highest BCUT2D eigenvalue weighted by Gasteiger charge is 2.37. The molecule has 38 heavy (non-hydrogen) atoms. The largest absolute Gasteiger partial charge is 0.463 e. The second-order valence-corrected chi connectivity index (χ2v) is 10.4. The standard InChI is InChI=1S/C29H35ClN4O4/c1-5-38-28(36)25-24(32(4)29(37)31-26(25)21-8-6-20(7-9-21)19(2)3)18-33-14-16-34(17-15-33)27(35)22-10-12-23(30)13-11-22/h6-13,19,26H,5,14-18H2,1-4H3,(H,31,37). The van der Waals surface area contributed by atoms with Crippen LogP contribution in [0.4, 0.5) is 4.79 Å². The van der Waals surface area contributed by atoms with Crippen LogP contribution in [-0.2, 0) is 9.53 Å². The van der Waals surface area contributed by atoms with Crippen LogP contribution in [0.3, 0.4) is 0 Å². The van der Waals surface area contributed by atoms with Gasteiger partial charge in [0.1, 0.15) is 0 Å². The second kappa shape index (κ2) is 12.0. The molecule has 0 saturated carbocycles. The lowest BCUT2D eigenvalue weighted by atomic mass is 9.92. The minimum Gasteiger partial charge on any atom is -0.463 e. The van der Waals surface area contributed by atoms with Gasteiger partial charge >= 0.3 is 12.0 Å². The molecule has 9 heteroatoms. The van der Waals surface area contributed by atoms with Crippen molar-refractivity contribution in [3.8, 4) is 0 Å². The monoisotopic (exact) mass is 538 g/mol. The van der Waals surface area contributed by atoms with Gasteiger partial charge in [0.2, 0.25) is 0 Å². The zero-order chi connectivity index (χ0) is 27.4. The summed E-state index contributed by atoms with van der Waals surface area (Å²) >= 11 is 5.96. The molecule has 1 N–H and O–H groups in total. The molecule has 2 aromatic rings. The molecule has 1 unspecified atom stereocenters. The quantitative estimate of drug-likeness (QED) is 0.527. The van der Waals surface area contributed by atoms with Crippen molar-refractivity contribution >= 4 is 29.5 Å². The molecular weight excluding hydrogens is 504 g/mol. The van der Waals surface area contributed by atoms with E-state index in [1.807, 2.05) is 29.2 Å². The SMILES string of the molecule is CCOC(=O)C1=C(CN2CCN(C(=O)c3ccc(Cl)cc3)CC2)N(C)C(=O)NC1c1ccc(C(C)C)cc1. The van der Waals surface area contributed by atoms with E-state index in [1.165, 1.54) is 10.5 Å². The number of ether oxygens (including phenoxy) is 1. The molecular formula is C29H35ClN4O4. The summed E-state index contributed by atoms with van der Waals surface area (Å²) in [7, 11) is 1.67. The van der Waals surface area contributed by atoms with Crippen LogP contribution in [0.25, 0.3) is 0 Å². The van der Waals surface area contributed by atoms with Crippen molar-refractivity contribution in [1.29, 1.82) is 0 Å². The number of rotatable bonds is 7. The van der Waals surface area contributed by atoms with Gasteiger partial charge in [0.05, 0.1) is 18.2 Å². The van der Waals surface area contributed by atoms with Crippen molar-refractivity contribution < 1.29 is 19.1 Å². The third kappa shape index (κ3) is 6.03. The fraction of sp³-hybridized carbons (Fsp3) is 0.414. The fourth-order valence-corrected chi connectivity index (χ4v) is 4.94. The summed E-state index contributed by atoms with van der Waals surface area (Å²) < 4.78 is 5.45. The van der Waals surface area contributed by atoms with Crippen LogP contribution in [0.5, 0.6) is 0 Å². The first-order valence-electron chi connectivity index (χ1n) is 13.0. The maximum absolute atomic E-state index is 13.2. The molecule has 3 amide bonds. The van der Waals surface area contributed by atoms with Crippen LogP contribution in [0.1, 0.15) is 54.2 Å². The van der Waals surface area contributed by atoms with Crippen LogP contribution < -0.4 is 5.32 Å². The molecule has 0 radical (unpaired) electrons. The van der Waals surface area contributed by atoms with E-state index in [9.17, 15) is 14.4 Å². The zero-order valence-electron chi connectivity index (χ0n) is 22.4. The van der Waals surface area contributed by atoms with Gasteiger partial charge in [0.25, 0.3) is 5.91 Å². The molecule has 0 bridgehead atoms. The van der Waals surface area contributed by atoms with Crippen LogP contribution in [0.2, 0.25) is 5.02 Å². The molecule has 2 aliphatic rings. The average Bonchev–Trinajstić information content (AvgIpc) is 2.91. The van der Waals surface area contributed by atoms with Gasteiger partial charge in [0, 0.05) is 56.1 Å². The Bertz CT molecular complexity index is 1200. The van der Waals surface area contributed by atoms with Crippen molar-refractivity contribution in [2.45, 2.75) is 32.7 Å². The molecule has 0 aromatic heterocycles. The van der Waals surface area contributed by atoms with Crippen molar-refractivity contribution in [1.82, 2.24) is 20.0 Å². The van der Waals surface area contributed by atoms with Gasteiger partial charge < -0.3 is 15.0 Å². The van der Waals surface area contributed by atoms with Crippen molar-refractivity contribution in [2.24, 2.45) is 0 Å². The van der Waals surface area contributed by atoms with E-state index >= 15 is 0 Å². The summed E-state index contributed by atoms with van der Waals surface area (Å²) in [5.74, 6) is -0.104. The molecule has 1 fully saturated rings. The van der Waals surface area contributed by atoms with Gasteiger partial charge in [-0.15, -0.1) is 0 Å². The molecule has 2 aromatic carbocycles. The number of carbonyl (C=O) groups is 3. The first kappa shape index (κ1) is 27.7. The number of hydrogen-bond donors (Lipinski definition) is 1. The fourth-order valence-electron chi connectivity index (χ4n) is 4.82. The molecule has 202 valence electrons. The maximum Gasteiger partial charge on any atom is 0.338 e. The number of benzene rings is 2. The van der Waals surface area contributed by atoms with Gasteiger partial charge in [-0.2, -0.15) is 0 Å². The summed E-state index contributed by atoms with van der Waals surface area (Å²) in [6, 6.07) is 14.0. The Balaban J connectivity index is 1.56. The van der Waals surface area contributed by atoms with Gasteiger partial charge in [-0.25, -0.2) is 9.59 Å². The summed E-state index contributed by atoms with van der Waals surface area (Å²) in [4.78, 5) is 44.6. The van der Waals surface area contributed by atoms with Crippen molar-refractivity contribution in [2.75, 3.05) is 46.4 Å². The highest BCUT2D eigenvalue weighted by atomic mass is 35.5. The number of halogens is 1. The molecule has 1 saturated heterocycles. The van der Waals surface area contributed by atoms with Crippen LogP contribution in [0.15, 0.2) is 59.8 Å². The summed E-state index contributed by atoms with van der Waals surface area (Å²) in [5.41, 5.74) is 3.66. The summed E-state index contributed by atoms with van der Waals surface area (Å²) in [6.07, 6.45) is 0. The number of carbonyl (C=O) groups excluding carboxylic acids is 3. The van der Waals surface area contributed by atoms with E-state index in [-0.39, 0.29) is 18.5 Å². The van der Waals surface area contributed by atoms with Gasteiger partial charge in [0.15, 0.2) is 0 Å². The smallest absolute Gasteiger partial charge is 0.338 e. The lowest BCUT2D eigenvalue weighted by Gasteiger charge is -2.39. The third-order valence-electron chi connectivity index (χ3n) is 7.13. The van der Waals surface area contributed by atoms with Crippen molar-refractivity contribution in [3.05, 3.63) is 81.5 Å². The minimum absolute atomic E-state index is 0.0354. The average molecular weight is 539 g/mol. The summed E-state index contributed by atoms with van der Waals surface area (Å²) in [6.45, 7) is 8.95. The number of nitrogens with zero attached hydrogens (tertiary/aromatic N) is 3. The van der Waals surface area contributed by atoms with E-state index in [2.05, 4.69) is 24.1 Å². The predicted molar refractivity (Wildman–Crippen MR) is 147 cm³/mol. The number of esters is 1. The van der Waals surface area contributed by atoms with Crippen molar-refractivity contribution in [3.63, 3.8) is 0 Å². The third-order valence-corrected chi connectivity index (χ3v) is 7.38. The molecule has 2 heterocycles. The predicted octanol–water partition coefficient (Wildman–Crippen LogP) is 4.43. The highest BCUT2D eigenvalue weighted by Crippen LogP contribution is 2.32. The number of hydrogen-bond acceptors (Lipinski definition) is 5. The first-order valence-corrected chi connectivity index (χ1v) is 13.4. The number of piperazine rings is 1. The minimum atomic E-state index is -0.610. The Labute approximate surface area is 229 Å². The maximum atomic E-state index is 13.2. The Morgan fingerprint density at radius 3 is 2.24 bits per heavy atom. The molecule has 8 nitrogen and oxygen atoms in total. The molecule has 0 aliphatic carbocycles. The summed E-state index contributed by atoms with van der Waals surface area (Å²) in [5, 5.41) is 3.57. The van der Waals surface area contributed by atoms with E-state index in [4.69, 9.17) is 16.3 Å². The molecule has 1 atom stereocenters. The van der Waals surface area contributed by atoms with Gasteiger partial charge in [-0.3, -0.25) is 14.6 Å². The van der Waals surface area contributed by atoms with E-state index in [0.29, 0.717) is 60.5 Å². The molecule has 0 spiro atoms. The van der Waals surface area contributed by atoms with E-state index in [1.54, 1.807) is 38.2 Å². The molecule has 2 aliphatic heterocycles. The number of nitrogens with one attached hydrogen (secondary N) is 1. The number of urea groups is 1. The Morgan fingerprint density at radius 2 is 1.66 bits per heavy atom. The normalized spacial score (nSPS) is 18.6. The lowest BCUT2D eigenvalue weighted by Crippen LogP contribution is -2.53. The second-order valence-electron chi connectivity index (χ2n) is 9.92. The number of likely N-dealkylation sites (N-methyl/N-ethyl adjacent to an activating group) is 1. The van der Waals surface area contributed by atoms with Crippen LogP contribution in [0, 0.1) is 0 Å². The van der Waals surface area contributed by atoms with E-state index < -0.39 is 12.0 Å². The number of amides is 3. The first-order chi connectivity index (χ1) is 18.2. The zero-order valence-corrected chi connectivity index (χ0v) is 23.1. The van der Waals surface area contributed by atoms with Crippen LogP contribution >= 0.6 is 11.6 Å². The topological polar surface area (TPSA) is 82.2 Å².